The van der Waals surface area contributed by atoms with Gasteiger partial charge in [0.15, 0.2) is 0 Å². The van der Waals surface area contributed by atoms with Gasteiger partial charge in [0, 0.05) is 18.7 Å². The zero-order valence-electron chi connectivity index (χ0n) is 16.9. The number of aromatic nitrogens is 1. The number of methoxy groups -OCH3 is 1. The van der Waals surface area contributed by atoms with Crippen LogP contribution in [0.15, 0.2) is 62.9 Å². The topological polar surface area (TPSA) is 90.7 Å². The molecule has 0 saturated carbocycles. The van der Waals surface area contributed by atoms with E-state index in [4.69, 9.17) is 13.9 Å². The van der Waals surface area contributed by atoms with E-state index in [1.54, 1.807) is 55.6 Å². The van der Waals surface area contributed by atoms with Crippen molar-refractivity contribution in [2.45, 2.75) is 35.8 Å². The van der Waals surface area contributed by atoms with Gasteiger partial charge in [-0.15, -0.1) is 0 Å². The minimum absolute atomic E-state index is 0.0227. The van der Waals surface area contributed by atoms with Gasteiger partial charge >= 0.3 is 0 Å². The second-order valence-electron chi connectivity index (χ2n) is 7.21. The normalized spacial score (nSPS) is 16.5. The highest BCUT2D eigenvalue weighted by atomic mass is 32.2. The number of rotatable bonds is 7. The van der Waals surface area contributed by atoms with Crippen LogP contribution in [-0.4, -0.2) is 39.8 Å². The van der Waals surface area contributed by atoms with Crippen LogP contribution in [0.3, 0.4) is 0 Å². The lowest BCUT2D eigenvalue weighted by Gasteiger charge is -2.10. The molecular weight excluding hydrogens is 404 g/mol. The molecule has 7 nitrogen and oxygen atoms in total. The molecule has 2 aromatic carbocycles. The van der Waals surface area contributed by atoms with Gasteiger partial charge in [0.05, 0.1) is 18.1 Å². The summed E-state index contributed by atoms with van der Waals surface area (Å²) in [5.41, 5.74) is 1.63. The van der Waals surface area contributed by atoms with E-state index in [1.165, 1.54) is 0 Å². The van der Waals surface area contributed by atoms with Crippen molar-refractivity contribution < 1.29 is 22.3 Å². The fourth-order valence-corrected chi connectivity index (χ4v) is 4.58. The first-order valence-electron chi connectivity index (χ1n) is 9.80. The van der Waals surface area contributed by atoms with Crippen molar-refractivity contribution in [1.82, 2.24) is 4.98 Å². The summed E-state index contributed by atoms with van der Waals surface area (Å²) in [6.07, 6.45) is 1.94. The van der Waals surface area contributed by atoms with Crippen LogP contribution in [0, 0.1) is 6.92 Å². The number of hydrogen-bond donors (Lipinski definition) is 1. The maximum Gasteiger partial charge on any atom is 0.233 e. The van der Waals surface area contributed by atoms with E-state index in [0.717, 1.165) is 18.4 Å². The summed E-state index contributed by atoms with van der Waals surface area (Å²) in [6, 6.07) is 13.8. The maximum atomic E-state index is 13.3. The molecular formula is C22H24N2O5S. The van der Waals surface area contributed by atoms with Crippen molar-refractivity contribution in [2.24, 2.45) is 0 Å². The van der Waals surface area contributed by atoms with Crippen LogP contribution >= 0.6 is 0 Å². The summed E-state index contributed by atoms with van der Waals surface area (Å²) in [4.78, 5) is 4.52. The zero-order chi connectivity index (χ0) is 21.1. The Kier molecular flexibility index (Phi) is 5.78. The molecule has 0 amide bonds. The molecule has 0 radical (unpaired) electrons. The smallest absolute Gasteiger partial charge is 0.233 e. The molecule has 1 unspecified atom stereocenters. The molecule has 1 aliphatic rings. The van der Waals surface area contributed by atoms with Gasteiger partial charge in [0.1, 0.15) is 5.75 Å². The number of benzene rings is 2. The molecule has 1 N–H and O–H groups in total. The third kappa shape index (κ3) is 4.20. The Morgan fingerprint density at radius 1 is 1.13 bits per heavy atom. The van der Waals surface area contributed by atoms with E-state index in [0.29, 0.717) is 24.5 Å². The number of nitrogens with zero attached hydrogens (tertiary/aromatic N) is 1. The lowest BCUT2D eigenvalue weighted by Crippen LogP contribution is -2.19. The van der Waals surface area contributed by atoms with E-state index in [-0.39, 0.29) is 27.8 Å². The summed E-state index contributed by atoms with van der Waals surface area (Å²) in [6.45, 7) is 3.07. The quantitative estimate of drug-likeness (QED) is 0.606. The van der Waals surface area contributed by atoms with E-state index >= 15 is 0 Å². The van der Waals surface area contributed by atoms with Gasteiger partial charge in [-0.05, 0) is 56.2 Å². The molecule has 158 valence electrons. The lowest BCUT2D eigenvalue weighted by molar-refractivity contribution is 0.120. The van der Waals surface area contributed by atoms with Gasteiger partial charge in [-0.25, -0.2) is 8.42 Å². The molecule has 2 heterocycles. The van der Waals surface area contributed by atoms with Crippen molar-refractivity contribution in [3.8, 4) is 17.2 Å². The Labute approximate surface area is 176 Å². The van der Waals surface area contributed by atoms with Crippen LogP contribution < -0.4 is 10.1 Å². The molecule has 1 saturated heterocycles. The van der Waals surface area contributed by atoms with Crippen LogP contribution in [-0.2, 0) is 14.6 Å². The number of sulfone groups is 1. The second kappa shape index (κ2) is 8.49. The Bertz CT molecular complexity index is 1100. The molecule has 30 heavy (non-hydrogen) atoms. The molecule has 1 atom stereocenters. The number of hydrogen-bond acceptors (Lipinski definition) is 7. The highest BCUT2D eigenvalue weighted by molar-refractivity contribution is 7.91. The van der Waals surface area contributed by atoms with Gasteiger partial charge in [0.2, 0.25) is 26.6 Å². The molecule has 4 rings (SSSR count). The van der Waals surface area contributed by atoms with Crippen LogP contribution in [0.5, 0.6) is 5.75 Å². The monoisotopic (exact) mass is 428 g/mol. The number of anilines is 1. The van der Waals surface area contributed by atoms with Crippen LogP contribution in [0.2, 0.25) is 0 Å². The predicted octanol–water partition coefficient (Wildman–Crippen LogP) is 4.08. The van der Waals surface area contributed by atoms with Crippen LogP contribution in [0.4, 0.5) is 5.88 Å². The molecule has 0 bridgehead atoms. The highest BCUT2D eigenvalue weighted by Crippen LogP contribution is 2.33. The Morgan fingerprint density at radius 2 is 1.87 bits per heavy atom. The third-order valence-corrected chi connectivity index (χ3v) is 6.71. The summed E-state index contributed by atoms with van der Waals surface area (Å²) < 4.78 is 43.3. The minimum atomic E-state index is -3.86. The first-order valence-corrected chi connectivity index (χ1v) is 11.3. The van der Waals surface area contributed by atoms with Crippen molar-refractivity contribution in [2.75, 3.05) is 25.6 Å². The summed E-state index contributed by atoms with van der Waals surface area (Å²) >= 11 is 0. The zero-order valence-corrected chi connectivity index (χ0v) is 17.7. The van der Waals surface area contributed by atoms with Crippen molar-refractivity contribution in [3.63, 3.8) is 0 Å². The van der Waals surface area contributed by atoms with Gasteiger partial charge < -0.3 is 19.2 Å². The fraction of sp³-hybridized carbons (Fsp3) is 0.318. The number of nitrogens with one attached hydrogen (secondary N) is 1. The molecule has 3 aromatic rings. The summed E-state index contributed by atoms with van der Waals surface area (Å²) in [7, 11) is -2.28. The number of aryl methyl sites for hydroxylation is 1. The van der Waals surface area contributed by atoms with E-state index < -0.39 is 9.84 Å². The fourth-order valence-electron chi connectivity index (χ4n) is 3.30. The average Bonchev–Trinajstić information content (AvgIpc) is 3.43. The van der Waals surface area contributed by atoms with E-state index in [1.807, 2.05) is 6.92 Å². The van der Waals surface area contributed by atoms with Crippen LogP contribution in [0.25, 0.3) is 11.5 Å². The maximum absolute atomic E-state index is 13.3. The van der Waals surface area contributed by atoms with Gasteiger partial charge in [-0.2, -0.15) is 4.98 Å². The van der Waals surface area contributed by atoms with Gasteiger partial charge in [0.25, 0.3) is 0 Å². The standard InChI is InChI=1S/C22H24N2O5S/c1-15-5-11-19(12-6-15)30(25,26)22-21(23-14-18-4-3-13-28-18)29-20(24-22)16-7-9-17(27-2)10-8-16/h5-12,18,23H,3-4,13-14H2,1-2H3. The Balaban J connectivity index is 1.71. The van der Waals surface area contributed by atoms with Crippen LogP contribution in [0.1, 0.15) is 18.4 Å². The SMILES string of the molecule is COc1ccc(-c2nc(S(=O)(=O)c3ccc(C)cc3)c(NCC3CCCO3)o2)cc1. The molecule has 0 spiro atoms. The predicted molar refractivity (Wildman–Crippen MR) is 113 cm³/mol. The number of oxazole rings is 1. The van der Waals surface area contributed by atoms with Crippen molar-refractivity contribution in [1.29, 1.82) is 0 Å². The Hall–Kier alpha value is -2.84. The molecule has 8 heteroatoms. The molecule has 1 aliphatic heterocycles. The van der Waals surface area contributed by atoms with Crippen molar-refractivity contribution in [3.05, 3.63) is 54.1 Å². The largest absolute Gasteiger partial charge is 0.497 e. The first kappa shape index (κ1) is 20.4. The third-order valence-electron chi connectivity index (χ3n) is 5.03. The highest BCUT2D eigenvalue weighted by Gasteiger charge is 2.29. The molecule has 1 aromatic heterocycles. The van der Waals surface area contributed by atoms with Gasteiger partial charge in [-0.3, -0.25) is 0 Å². The lowest BCUT2D eigenvalue weighted by atomic mass is 10.2. The average molecular weight is 429 g/mol. The summed E-state index contributed by atoms with van der Waals surface area (Å²) in [5, 5.41) is 2.97. The van der Waals surface area contributed by atoms with E-state index in [2.05, 4.69) is 10.3 Å². The second-order valence-corrected chi connectivity index (χ2v) is 9.08. The minimum Gasteiger partial charge on any atom is -0.497 e. The van der Waals surface area contributed by atoms with Crippen molar-refractivity contribution >= 4 is 15.7 Å². The summed E-state index contributed by atoms with van der Waals surface area (Å²) in [5.74, 6) is 1.03. The van der Waals surface area contributed by atoms with E-state index in [9.17, 15) is 8.42 Å². The van der Waals surface area contributed by atoms with Gasteiger partial charge in [-0.1, -0.05) is 17.7 Å². The first-order chi connectivity index (χ1) is 14.5. The Morgan fingerprint density at radius 3 is 2.50 bits per heavy atom. The molecule has 1 fully saturated rings. The molecule has 0 aliphatic carbocycles. The number of ether oxygens (including phenoxy) is 2.